The van der Waals surface area contributed by atoms with Crippen molar-refractivity contribution in [3.63, 3.8) is 0 Å². The molecule has 0 radical (unpaired) electrons. The second-order valence-electron chi connectivity index (χ2n) is 10.9. The van der Waals surface area contributed by atoms with E-state index < -0.39 is 11.9 Å². The third-order valence-corrected chi connectivity index (χ3v) is 7.76. The van der Waals surface area contributed by atoms with Crippen LogP contribution in [-0.4, -0.2) is 64.5 Å². The SMILES string of the molecule is Cc1ccc2c(c1)Nc1c(cnn1C)CN2C(=O)c1ccc(CNC(=O)ON2CCN(CC3CC3)CC2)c(F)c1. The van der Waals surface area contributed by atoms with Crippen LogP contribution in [0.3, 0.4) is 0 Å². The highest BCUT2D eigenvalue weighted by Gasteiger charge is 2.29. The number of benzene rings is 2. The van der Waals surface area contributed by atoms with Gasteiger partial charge in [0.1, 0.15) is 11.6 Å². The van der Waals surface area contributed by atoms with Gasteiger partial charge >= 0.3 is 6.09 Å². The van der Waals surface area contributed by atoms with Crippen molar-refractivity contribution in [2.45, 2.75) is 32.9 Å². The van der Waals surface area contributed by atoms with Crippen LogP contribution in [-0.2, 0) is 25.0 Å². The second-order valence-corrected chi connectivity index (χ2v) is 10.9. The molecule has 0 bridgehead atoms. The van der Waals surface area contributed by atoms with Gasteiger partial charge in [-0.15, -0.1) is 5.06 Å². The van der Waals surface area contributed by atoms with E-state index in [0.717, 1.165) is 48.2 Å². The molecule has 6 rings (SSSR count). The number of hydrogen-bond acceptors (Lipinski definition) is 7. The first-order valence-electron chi connectivity index (χ1n) is 13.8. The second kappa shape index (κ2) is 10.9. The lowest BCUT2D eigenvalue weighted by Gasteiger charge is -2.33. The van der Waals surface area contributed by atoms with Gasteiger partial charge in [-0.05, 0) is 55.5 Å². The molecule has 3 aliphatic rings. The summed E-state index contributed by atoms with van der Waals surface area (Å²) in [4.78, 5) is 35.4. The number of carbonyl (C=O) groups excluding carboxylic acids is 2. The molecule has 11 heteroatoms. The van der Waals surface area contributed by atoms with E-state index in [0.29, 0.717) is 18.8 Å². The number of anilines is 3. The number of aryl methyl sites for hydroxylation is 2. The van der Waals surface area contributed by atoms with Crippen LogP contribution in [0.15, 0.2) is 42.6 Å². The Balaban J connectivity index is 1.09. The molecule has 2 N–H and O–H groups in total. The van der Waals surface area contributed by atoms with Gasteiger partial charge in [0.25, 0.3) is 5.91 Å². The van der Waals surface area contributed by atoms with Crippen LogP contribution < -0.4 is 15.5 Å². The third-order valence-electron chi connectivity index (χ3n) is 7.76. The van der Waals surface area contributed by atoms with E-state index in [1.54, 1.807) is 26.9 Å². The number of rotatable bonds is 6. The average Bonchev–Trinajstić information content (AvgIpc) is 3.72. The fourth-order valence-electron chi connectivity index (χ4n) is 5.27. The van der Waals surface area contributed by atoms with E-state index in [1.165, 1.54) is 25.0 Å². The Hall–Kier alpha value is -3.96. The maximum atomic E-state index is 15.1. The molecule has 1 saturated carbocycles. The molecule has 0 atom stereocenters. The van der Waals surface area contributed by atoms with Crippen molar-refractivity contribution >= 4 is 29.2 Å². The molecule has 2 aromatic carbocycles. The molecule has 2 fully saturated rings. The molecule has 1 aliphatic carbocycles. The van der Waals surface area contributed by atoms with Crippen molar-refractivity contribution in [1.29, 1.82) is 0 Å². The lowest BCUT2D eigenvalue weighted by Crippen LogP contribution is -2.48. The van der Waals surface area contributed by atoms with E-state index >= 15 is 4.39 Å². The van der Waals surface area contributed by atoms with Gasteiger partial charge < -0.3 is 25.3 Å². The predicted octanol–water partition coefficient (Wildman–Crippen LogP) is 3.94. The standard InChI is InChI=1S/C29H34FN7O3/c1-19-3-8-26-25(13-19)33-27-23(16-32-34(27)2)18-37(26)28(38)21-6-7-22(24(30)14-21)15-31-29(39)40-36-11-9-35(10-12-36)17-20-4-5-20/h3,6-8,13-14,16,20,33H,4-5,9-12,15,17-18H2,1-2H3,(H,31,39). The Bertz CT molecular complexity index is 1430. The summed E-state index contributed by atoms with van der Waals surface area (Å²) in [7, 11) is 1.84. The van der Waals surface area contributed by atoms with Crippen molar-refractivity contribution in [2.24, 2.45) is 13.0 Å². The summed E-state index contributed by atoms with van der Waals surface area (Å²) in [6.07, 6.45) is 3.75. The minimum absolute atomic E-state index is 0.0461. The van der Waals surface area contributed by atoms with Crippen molar-refractivity contribution in [3.8, 4) is 0 Å². The van der Waals surface area contributed by atoms with Crippen LogP contribution in [0.1, 0.15) is 39.9 Å². The van der Waals surface area contributed by atoms with E-state index in [4.69, 9.17) is 4.84 Å². The van der Waals surface area contributed by atoms with Crippen LogP contribution in [0, 0.1) is 18.7 Å². The summed E-state index contributed by atoms with van der Waals surface area (Å²) in [6, 6.07) is 10.1. The fourth-order valence-corrected chi connectivity index (χ4v) is 5.27. The highest BCUT2D eigenvalue weighted by Crippen LogP contribution is 2.37. The monoisotopic (exact) mass is 547 g/mol. The molecule has 0 spiro atoms. The molecule has 1 saturated heterocycles. The number of aromatic nitrogens is 2. The van der Waals surface area contributed by atoms with Crippen LogP contribution in [0.4, 0.5) is 26.4 Å². The van der Waals surface area contributed by atoms with Crippen LogP contribution in [0.5, 0.6) is 0 Å². The van der Waals surface area contributed by atoms with Crippen molar-refractivity contribution in [1.82, 2.24) is 25.1 Å². The summed E-state index contributed by atoms with van der Waals surface area (Å²) in [6.45, 7) is 6.40. The summed E-state index contributed by atoms with van der Waals surface area (Å²) < 4.78 is 16.8. The molecule has 210 valence electrons. The molecular formula is C29H34FN7O3. The van der Waals surface area contributed by atoms with Gasteiger partial charge in [0.05, 0.1) is 24.1 Å². The number of hydrogen-bond donors (Lipinski definition) is 2. The van der Waals surface area contributed by atoms with Gasteiger partial charge in [0.15, 0.2) is 0 Å². The predicted molar refractivity (Wildman–Crippen MR) is 149 cm³/mol. The average molecular weight is 548 g/mol. The number of piperazine rings is 1. The summed E-state index contributed by atoms with van der Waals surface area (Å²) >= 11 is 0. The lowest BCUT2D eigenvalue weighted by atomic mass is 10.1. The van der Waals surface area contributed by atoms with Crippen LogP contribution >= 0.6 is 0 Å². The minimum Gasteiger partial charge on any atom is -0.351 e. The van der Waals surface area contributed by atoms with E-state index in [2.05, 4.69) is 20.6 Å². The van der Waals surface area contributed by atoms with Gasteiger partial charge in [-0.2, -0.15) is 5.10 Å². The highest BCUT2D eigenvalue weighted by molar-refractivity contribution is 6.08. The molecule has 40 heavy (non-hydrogen) atoms. The Morgan fingerprint density at radius 3 is 2.67 bits per heavy atom. The molecule has 1 aromatic heterocycles. The molecule has 10 nitrogen and oxygen atoms in total. The first-order chi connectivity index (χ1) is 19.3. The topological polar surface area (TPSA) is 95.0 Å². The van der Waals surface area contributed by atoms with Gasteiger partial charge in [0, 0.05) is 63.0 Å². The Labute approximate surface area is 232 Å². The quantitative estimate of drug-likeness (QED) is 0.483. The maximum Gasteiger partial charge on any atom is 0.426 e. The van der Waals surface area contributed by atoms with Crippen molar-refractivity contribution in [3.05, 3.63) is 70.7 Å². The van der Waals surface area contributed by atoms with Gasteiger partial charge in [-0.25, -0.2) is 9.18 Å². The normalized spacial score (nSPS) is 17.4. The molecule has 3 heterocycles. The number of nitrogens with one attached hydrogen (secondary N) is 2. The summed E-state index contributed by atoms with van der Waals surface area (Å²) in [5.41, 5.74) is 3.86. The number of halogens is 1. The van der Waals surface area contributed by atoms with Crippen molar-refractivity contribution in [2.75, 3.05) is 42.9 Å². The van der Waals surface area contributed by atoms with Gasteiger partial charge in [0.2, 0.25) is 0 Å². The zero-order chi connectivity index (χ0) is 27.8. The minimum atomic E-state index is -0.619. The molecular weight excluding hydrogens is 513 g/mol. The zero-order valence-corrected chi connectivity index (χ0v) is 22.8. The number of amides is 2. The van der Waals surface area contributed by atoms with E-state index in [1.807, 2.05) is 32.2 Å². The Kier molecular flexibility index (Phi) is 7.16. The largest absolute Gasteiger partial charge is 0.426 e. The molecule has 2 amide bonds. The van der Waals surface area contributed by atoms with E-state index in [-0.39, 0.29) is 30.1 Å². The summed E-state index contributed by atoms with van der Waals surface area (Å²) in [5, 5.41) is 12.0. The number of fused-ring (bicyclic) bond motifs is 2. The number of nitrogens with zero attached hydrogens (tertiary/aromatic N) is 5. The van der Waals surface area contributed by atoms with Crippen molar-refractivity contribution < 1.29 is 18.8 Å². The zero-order valence-electron chi connectivity index (χ0n) is 22.8. The van der Waals surface area contributed by atoms with Crippen LogP contribution in [0.2, 0.25) is 0 Å². The third kappa shape index (κ3) is 5.66. The maximum absolute atomic E-state index is 15.1. The van der Waals surface area contributed by atoms with Gasteiger partial charge in [-0.3, -0.25) is 9.48 Å². The fraction of sp³-hybridized carbons (Fsp3) is 0.414. The Morgan fingerprint density at radius 1 is 1.12 bits per heavy atom. The number of hydroxylamine groups is 2. The van der Waals surface area contributed by atoms with Crippen LogP contribution in [0.25, 0.3) is 0 Å². The number of carbonyl (C=O) groups is 2. The first-order valence-corrected chi connectivity index (χ1v) is 13.8. The molecule has 0 unspecified atom stereocenters. The molecule has 3 aromatic rings. The lowest BCUT2D eigenvalue weighted by molar-refractivity contribution is -0.123. The van der Waals surface area contributed by atoms with E-state index in [9.17, 15) is 9.59 Å². The summed E-state index contributed by atoms with van der Waals surface area (Å²) in [5.74, 6) is 0.741. The molecule has 2 aliphatic heterocycles. The highest BCUT2D eigenvalue weighted by atomic mass is 19.1. The van der Waals surface area contributed by atoms with Gasteiger partial charge in [-0.1, -0.05) is 12.1 Å². The Morgan fingerprint density at radius 2 is 1.93 bits per heavy atom. The smallest absolute Gasteiger partial charge is 0.351 e. The first kappa shape index (κ1) is 26.3.